The Hall–Kier alpha value is -2.75. The van der Waals surface area contributed by atoms with Crippen molar-refractivity contribution in [2.75, 3.05) is 14.2 Å². The van der Waals surface area contributed by atoms with E-state index in [0.717, 1.165) is 28.2 Å². The molecule has 0 aliphatic rings. The predicted molar refractivity (Wildman–Crippen MR) is 84.6 cm³/mol. The molecule has 0 atom stereocenters. The van der Waals surface area contributed by atoms with Crippen molar-refractivity contribution in [3.05, 3.63) is 53.9 Å². The summed E-state index contributed by atoms with van der Waals surface area (Å²) in [6.07, 6.45) is 3.93. The smallest absolute Gasteiger partial charge is 0.161 e. The lowest BCUT2D eigenvalue weighted by Gasteiger charge is -2.07. The van der Waals surface area contributed by atoms with Gasteiger partial charge in [-0.25, -0.2) is 4.98 Å². The highest BCUT2D eigenvalue weighted by molar-refractivity contribution is 5.78. The number of aromatic amines is 1. The largest absolute Gasteiger partial charge is 0.493 e. The summed E-state index contributed by atoms with van der Waals surface area (Å²) in [6.45, 7) is 0. The van der Waals surface area contributed by atoms with Crippen LogP contribution in [-0.4, -0.2) is 24.2 Å². The number of benzene rings is 2. The quantitative estimate of drug-likeness (QED) is 0.791. The molecule has 0 unspecified atom stereocenters. The fourth-order valence-corrected chi connectivity index (χ4v) is 2.18. The van der Waals surface area contributed by atoms with Crippen LogP contribution in [0.5, 0.6) is 11.5 Å². The predicted octanol–water partition coefficient (Wildman–Crippen LogP) is 3.75. The second kappa shape index (κ2) is 5.71. The van der Waals surface area contributed by atoms with Gasteiger partial charge in [-0.15, -0.1) is 0 Å². The first-order chi connectivity index (χ1) is 10.3. The zero-order valence-corrected chi connectivity index (χ0v) is 12.0. The van der Waals surface area contributed by atoms with E-state index in [0.29, 0.717) is 5.75 Å². The average Bonchev–Trinajstić information content (AvgIpc) is 2.95. The maximum absolute atomic E-state index is 5.29. The van der Waals surface area contributed by atoms with Crippen LogP contribution in [0, 0.1) is 0 Å². The van der Waals surface area contributed by atoms with Crippen molar-refractivity contribution in [1.29, 1.82) is 0 Å². The summed E-state index contributed by atoms with van der Waals surface area (Å²) in [5.74, 6) is 2.26. The van der Waals surface area contributed by atoms with Crippen LogP contribution in [0.15, 0.2) is 42.5 Å². The van der Waals surface area contributed by atoms with E-state index in [-0.39, 0.29) is 0 Å². The number of aromatic nitrogens is 2. The van der Waals surface area contributed by atoms with Crippen LogP contribution in [0.4, 0.5) is 0 Å². The summed E-state index contributed by atoms with van der Waals surface area (Å²) in [5.41, 5.74) is 3.02. The van der Waals surface area contributed by atoms with Gasteiger partial charge in [0.05, 0.1) is 25.3 Å². The fraction of sp³-hybridized carbons (Fsp3) is 0.118. The van der Waals surface area contributed by atoms with E-state index in [1.807, 2.05) is 54.6 Å². The van der Waals surface area contributed by atoms with E-state index in [1.54, 1.807) is 14.2 Å². The van der Waals surface area contributed by atoms with Gasteiger partial charge in [-0.1, -0.05) is 24.3 Å². The van der Waals surface area contributed by atoms with E-state index in [9.17, 15) is 0 Å². The monoisotopic (exact) mass is 280 g/mol. The van der Waals surface area contributed by atoms with Crippen molar-refractivity contribution in [2.24, 2.45) is 0 Å². The summed E-state index contributed by atoms with van der Waals surface area (Å²) < 4.78 is 10.5. The van der Waals surface area contributed by atoms with Gasteiger partial charge in [0.1, 0.15) is 5.82 Å². The zero-order valence-electron chi connectivity index (χ0n) is 12.0. The number of nitrogens with one attached hydrogen (secondary N) is 1. The first-order valence-corrected chi connectivity index (χ1v) is 6.65. The standard InChI is InChI=1S/C17H16N2O2/c1-20-15-9-7-12(11-16(15)21-2)8-10-17-18-13-5-3-4-6-14(13)19-17/h3-11H,1-2H3,(H,18,19). The minimum Gasteiger partial charge on any atom is -0.493 e. The van der Waals surface area contributed by atoms with Crippen molar-refractivity contribution in [1.82, 2.24) is 9.97 Å². The van der Waals surface area contributed by atoms with Crippen LogP contribution in [0.2, 0.25) is 0 Å². The average molecular weight is 280 g/mol. The SMILES string of the molecule is COc1ccc(C=Cc2nc3ccccc3[nH]2)cc1OC. The van der Waals surface area contributed by atoms with Crippen LogP contribution in [0.1, 0.15) is 11.4 Å². The molecule has 3 aromatic rings. The van der Waals surface area contributed by atoms with E-state index in [4.69, 9.17) is 9.47 Å². The molecule has 0 fully saturated rings. The highest BCUT2D eigenvalue weighted by Gasteiger charge is 2.03. The van der Waals surface area contributed by atoms with Crippen molar-refractivity contribution >= 4 is 23.2 Å². The topological polar surface area (TPSA) is 47.1 Å². The summed E-state index contributed by atoms with van der Waals surface area (Å²) in [6, 6.07) is 13.7. The van der Waals surface area contributed by atoms with E-state index in [1.165, 1.54) is 0 Å². The normalized spacial score (nSPS) is 11.1. The minimum absolute atomic E-state index is 0.712. The highest BCUT2D eigenvalue weighted by Crippen LogP contribution is 2.28. The van der Waals surface area contributed by atoms with Crippen LogP contribution in [-0.2, 0) is 0 Å². The molecule has 0 bridgehead atoms. The molecule has 0 spiro atoms. The van der Waals surface area contributed by atoms with Gasteiger partial charge in [-0.2, -0.15) is 0 Å². The summed E-state index contributed by atoms with van der Waals surface area (Å²) in [7, 11) is 3.26. The maximum atomic E-state index is 5.29. The molecule has 1 heterocycles. The number of ether oxygens (including phenoxy) is 2. The number of para-hydroxylation sites is 2. The van der Waals surface area contributed by atoms with Gasteiger partial charge in [0.2, 0.25) is 0 Å². The second-order valence-electron chi connectivity index (χ2n) is 4.59. The van der Waals surface area contributed by atoms with Crippen LogP contribution in [0.25, 0.3) is 23.2 Å². The Morgan fingerprint density at radius 2 is 1.76 bits per heavy atom. The van der Waals surface area contributed by atoms with Crippen LogP contribution >= 0.6 is 0 Å². The molecule has 21 heavy (non-hydrogen) atoms. The number of hydrogen-bond donors (Lipinski definition) is 1. The Kier molecular flexibility index (Phi) is 3.60. The molecule has 1 N–H and O–H groups in total. The molecule has 1 aromatic heterocycles. The first-order valence-electron chi connectivity index (χ1n) is 6.65. The summed E-state index contributed by atoms with van der Waals surface area (Å²) in [4.78, 5) is 7.77. The van der Waals surface area contributed by atoms with Gasteiger partial charge in [-0.05, 0) is 35.9 Å². The fourth-order valence-electron chi connectivity index (χ4n) is 2.18. The lowest BCUT2D eigenvalue weighted by atomic mass is 10.2. The van der Waals surface area contributed by atoms with Crippen LogP contribution < -0.4 is 9.47 Å². The molecule has 4 nitrogen and oxygen atoms in total. The Bertz CT molecular complexity index is 757. The molecule has 0 amide bonds. The van der Waals surface area contributed by atoms with Gasteiger partial charge in [0.25, 0.3) is 0 Å². The van der Waals surface area contributed by atoms with E-state index in [2.05, 4.69) is 9.97 Å². The van der Waals surface area contributed by atoms with Gasteiger partial charge >= 0.3 is 0 Å². The number of hydrogen-bond acceptors (Lipinski definition) is 3. The first kappa shape index (κ1) is 13.2. The molecule has 0 aliphatic carbocycles. The maximum Gasteiger partial charge on any atom is 0.161 e. The highest BCUT2D eigenvalue weighted by atomic mass is 16.5. The van der Waals surface area contributed by atoms with Crippen molar-refractivity contribution in [3.8, 4) is 11.5 Å². The molecule has 0 saturated heterocycles. The van der Waals surface area contributed by atoms with E-state index >= 15 is 0 Å². The summed E-state index contributed by atoms with van der Waals surface area (Å²) >= 11 is 0. The number of rotatable bonds is 4. The lowest BCUT2D eigenvalue weighted by molar-refractivity contribution is 0.355. The Morgan fingerprint density at radius 1 is 0.952 bits per heavy atom. The molecule has 0 saturated carbocycles. The number of imidazole rings is 1. The molecular formula is C17H16N2O2. The third-order valence-corrected chi connectivity index (χ3v) is 3.25. The molecule has 106 valence electrons. The van der Waals surface area contributed by atoms with Gasteiger partial charge in [0.15, 0.2) is 11.5 Å². The van der Waals surface area contributed by atoms with Crippen molar-refractivity contribution in [3.63, 3.8) is 0 Å². The van der Waals surface area contributed by atoms with E-state index < -0.39 is 0 Å². The van der Waals surface area contributed by atoms with Gasteiger partial charge in [0, 0.05) is 0 Å². The second-order valence-corrected chi connectivity index (χ2v) is 4.59. The molecule has 3 rings (SSSR count). The summed E-state index contributed by atoms with van der Waals surface area (Å²) in [5, 5.41) is 0. The van der Waals surface area contributed by atoms with Crippen molar-refractivity contribution < 1.29 is 9.47 Å². The molecule has 4 heteroatoms. The zero-order chi connectivity index (χ0) is 14.7. The minimum atomic E-state index is 0.712. The third-order valence-electron chi connectivity index (χ3n) is 3.25. The van der Waals surface area contributed by atoms with Gasteiger partial charge < -0.3 is 14.5 Å². The van der Waals surface area contributed by atoms with Crippen molar-refractivity contribution in [2.45, 2.75) is 0 Å². The number of nitrogens with zero attached hydrogens (tertiary/aromatic N) is 1. The third kappa shape index (κ3) is 2.74. The van der Waals surface area contributed by atoms with Gasteiger partial charge in [-0.3, -0.25) is 0 Å². The molecular weight excluding hydrogens is 264 g/mol. The Morgan fingerprint density at radius 3 is 2.52 bits per heavy atom. The molecule has 2 aromatic carbocycles. The number of fused-ring (bicyclic) bond motifs is 1. The number of methoxy groups -OCH3 is 2. The Balaban J connectivity index is 1.88. The number of H-pyrrole nitrogens is 1. The van der Waals surface area contributed by atoms with Crippen LogP contribution in [0.3, 0.4) is 0 Å². The Labute approximate surface area is 123 Å². The molecule has 0 aliphatic heterocycles. The lowest BCUT2D eigenvalue weighted by Crippen LogP contribution is -1.90. The molecule has 0 radical (unpaired) electrons.